The van der Waals surface area contributed by atoms with Crippen LogP contribution in [0.3, 0.4) is 0 Å². The van der Waals surface area contributed by atoms with Gasteiger partial charge in [-0.1, -0.05) is 30.3 Å². The van der Waals surface area contributed by atoms with E-state index in [-0.39, 0.29) is 6.04 Å². The third-order valence-corrected chi connectivity index (χ3v) is 2.66. The predicted octanol–water partition coefficient (Wildman–Crippen LogP) is 2.34. The van der Waals surface area contributed by atoms with Crippen LogP contribution in [-0.2, 0) is 4.74 Å². The lowest BCUT2D eigenvalue weighted by Gasteiger charge is -2.25. The molecule has 0 fully saturated rings. The van der Waals surface area contributed by atoms with Gasteiger partial charge in [0.2, 0.25) is 0 Å². The molecular formula is C13H20N2O2. The van der Waals surface area contributed by atoms with E-state index in [0.717, 1.165) is 12.0 Å². The molecule has 17 heavy (non-hydrogen) atoms. The Morgan fingerprint density at radius 1 is 1.35 bits per heavy atom. The minimum absolute atomic E-state index is 0.0491. The molecule has 0 radical (unpaired) electrons. The van der Waals surface area contributed by atoms with Crippen LogP contribution >= 0.6 is 0 Å². The molecule has 0 aromatic heterocycles. The number of carbonyl (C=O) groups is 1. The van der Waals surface area contributed by atoms with Gasteiger partial charge < -0.3 is 16.2 Å². The summed E-state index contributed by atoms with van der Waals surface area (Å²) in [6, 6.07) is 9.81. The molecule has 0 heterocycles. The lowest BCUT2D eigenvalue weighted by atomic mass is 9.95. The molecule has 1 unspecified atom stereocenters. The average Bonchev–Trinajstić information content (AvgIpc) is 2.25. The largest absolute Gasteiger partial charge is 0.444 e. The van der Waals surface area contributed by atoms with Gasteiger partial charge in [0.05, 0.1) is 0 Å². The SMILES string of the molecule is CC(C)(CCC(N)c1ccccc1)OC(N)=O. The van der Waals surface area contributed by atoms with Crippen LogP contribution in [0.15, 0.2) is 30.3 Å². The summed E-state index contributed by atoms with van der Waals surface area (Å²) in [6.07, 6.45) is 0.666. The van der Waals surface area contributed by atoms with Crippen LogP contribution in [0.1, 0.15) is 38.3 Å². The van der Waals surface area contributed by atoms with Crippen LogP contribution in [0.4, 0.5) is 4.79 Å². The Kier molecular flexibility index (Phi) is 4.52. The summed E-state index contributed by atoms with van der Waals surface area (Å²) < 4.78 is 5.01. The number of carbonyl (C=O) groups excluding carboxylic acids is 1. The molecule has 0 aliphatic carbocycles. The first-order valence-corrected chi connectivity index (χ1v) is 5.70. The molecule has 1 aromatic rings. The first-order chi connectivity index (χ1) is 7.91. The smallest absolute Gasteiger partial charge is 0.405 e. The second-order valence-electron chi connectivity index (χ2n) is 4.74. The average molecular weight is 236 g/mol. The second-order valence-corrected chi connectivity index (χ2v) is 4.74. The van der Waals surface area contributed by atoms with Crippen molar-refractivity contribution in [2.24, 2.45) is 11.5 Å². The van der Waals surface area contributed by atoms with Crippen molar-refractivity contribution in [3.63, 3.8) is 0 Å². The van der Waals surface area contributed by atoms with Gasteiger partial charge in [-0.15, -0.1) is 0 Å². The summed E-state index contributed by atoms with van der Waals surface area (Å²) in [7, 11) is 0. The maximum atomic E-state index is 10.7. The molecule has 0 aliphatic heterocycles. The predicted molar refractivity (Wildman–Crippen MR) is 67.4 cm³/mol. The zero-order chi connectivity index (χ0) is 12.9. The highest BCUT2D eigenvalue weighted by molar-refractivity contribution is 5.65. The fourth-order valence-electron chi connectivity index (χ4n) is 1.69. The second kappa shape index (κ2) is 5.68. The molecule has 0 saturated carbocycles. The van der Waals surface area contributed by atoms with Crippen LogP contribution in [0.25, 0.3) is 0 Å². The molecule has 4 N–H and O–H groups in total. The number of benzene rings is 1. The van der Waals surface area contributed by atoms with Gasteiger partial charge in [0.25, 0.3) is 0 Å². The summed E-state index contributed by atoms with van der Waals surface area (Å²) in [5.41, 5.74) is 11.6. The van der Waals surface area contributed by atoms with E-state index in [9.17, 15) is 4.79 Å². The van der Waals surface area contributed by atoms with Gasteiger partial charge in [-0.25, -0.2) is 4.79 Å². The van der Waals surface area contributed by atoms with Gasteiger partial charge in [-0.2, -0.15) is 0 Å². The van der Waals surface area contributed by atoms with Crippen molar-refractivity contribution < 1.29 is 9.53 Å². The number of ether oxygens (including phenoxy) is 1. The van der Waals surface area contributed by atoms with Gasteiger partial charge in [0.1, 0.15) is 5.60 Å². The molecule has 1 amide bonds. The van der Waals surface area contributed by atoms with E-state index in [1.54, 1.807) is 0 Å². The van der Waals surface area contributed by atoms with Crippen LogP contribution in [0.2, 0.25) is 0 Å². The summed E-state index contributed by atoms with van der Waals surface area (Å²) in [5.74, 6) is 0. The quantitative estimate of drug-likeness (QED) is 0.823. The van der Waals surface area contributed by atoms with Crippen molar-refractivity contribution in [1.82, 2.24) is 0 Å². The van der Waals surface area contributed by atoms with Crippen molar-refractivity contribution in [3.05, 3.63) is 35.9 Å². The molecule has 1 atom stereocenters. The summed E-state index contributed by atoms with van der Waals surface area (Å²) >= 11 is 0. The highest BCUT2D eigenvalue weighted by Gasteiger charge is 2.22. The molecule has 94 valence electrons. The maximum absolute atomic E-state index is 10.7. The number of hydrogen-bond donors (Lipinski definition) is 2. The lowest BCUT2D eigenvalue weighted by molar-refractivity contribution is 0.0363. The third kappa shape index (κ3) is 4.87. The number of primary amides is 1. The monoisotopic (exact) mass is 236 g/mol. The molecule has 4 heteroatoms. The Balaban J connectivity index is 2.48. The van der Waals surface area contributed by atoms with E-state index in [4.69, 9.17) is 16.2 Å². The fourth-order valence-corrected chi connectivity index (χ4v) is 1.69. The van der Waals surface area contributed by atoms with Crippen molar-refractivity contribution in [2.45, 2.75) is 38.3 Å². The van der Waals surface area contributed by atoms with Crippen molar-refractivity contribution >= 4 is 6.09 Å². The summed E-state index contributed by atoms with van der Waals surface area (Å²) in [5, 5.41) is 0. The fraction of sp³-hybridized carbons (Fsp3) is 0.462. The minimum atomic E-state index is -0.747. The lowest BCUT2D eigenvalue weighted by Crippen LogP contribution is -2.32. The van der Waals surface area contributed by atoms with E-state index in [1.165, 1.54) is 0 Å². The van der Waals surface area contributed by atoms with Crippen LogP contribution < -0.4 is 11.5 Å². The standard InChI is InChI=1S/C13H20N2O2/c1-13(2,17-12(15)16)9-8-11(14)10-6-4-3-5-7-10/h3-7,11H,8-9,14H2,1-2H3,(H2,15,16). The Morgan fingerprint density at radius 2 is 1.94 bits per heavy atom. The zero-order valence-corrected chi connectivity index (χ0v) is 10.3. The van der Waals surface area contributed by atoms with E-state index >= 15 is 0 Å². The van der Waals surface area contributed by atoms with Gasteiger partial charge in [-0.3, -0.25) is 0 Å². The van der Waals surface area contributed by atoms with Gasteiger partial charge in [-0.05, 0) is 32.3 Å². The number of rotatable bonds is 5. The van der Waals surface area contributed by atoms with Crippen LogP contribution in [0, 0.1) is 0 Å². The minimum Gasteiger partial charge on any atom is -0.444 e. The number of nitrogens with two attached hydrogens (primary N) is 2. The molecular weight excluding hydrogens is 216 g/mol. The van der Waals surface area contributed by atoms with E-state index in [1.807, 2.05) is 44.2 Å². The first-order valence-electron chi connectivity index (χ1n) is 5.70. The van der Waals surface area contributed by atoms with E-state index < -0.39 is 11.7 Å². The highest BCUT2D eigenvalue weighted by atomic mass is 16.6. The normalized spacial score (nSPS) is 13.1. The van der Waals surface area contributed by atoms with Crippen molar-refractivity contribution in [2.75, 3.05) is 0 Å². The maximum Gasteiger partial charge on any atom is 0.405 e. The Bertz CT molecular complexity index is 363. The molecule has 0 bridgehead atoms. The van der Waals surface area contributed by atoms with Crippen molar-refractivity contribution in [3.8, 4) is 0 Å². The highest BCUT2D eigenvalue weighted by Crippen LogP contribution is 2.23. The molecule has 1 aromatic carbocycles. The number of hydrogen-bond acceptors (Lipinski definition) is 3. The molecule has 0 saturated heterocycles. The molecule has 0 aliphatic rings. The Labute approximate surface area is 102 Å². The zero-order valence-electron chi connectivity index (χ0n) is 10.3. The van der Waals surface area contributed by atoms with E-state index in [2.05, 4.69) is 0 Å². The van der Waals surface area contributed by atoms with Gasteiger partial charge >= 0.3 is 6.09 Å². The Hall–Kier alpha value is -1.55. The number of amides is 1. The van der Waals surface area contributed by atoms with E-state index in [0.29, 0.717) is 6.42 Å². The topological polar surface area (TPSA) is 78.3 Å². The molecule has 4 nitrogen and oxygen atoms in total. The van der Waals surface area contributed by atoms with Gasteiger partial charge in [0, 0.05) is 6.04 Å². The third-order valence-electron chi connectivity index (χ3n) is 2.66. The van der Waals surface area contributed by atoms with Crippen LogP contribution in [0.5, 0.6) is 0 Å². The Morgan fingerprint density at radius 3 is 2.47 bits per heavy atom. The first kappa shape index (κ1) is 13.5. The summed E-state index contributed by atoms with van der Waals surface area (Å²) in [6.45, 7) is 3.66. The van der Waals surface area contributed by atoms with Crippen LogP contribution in [-0.4, -0.2) is 11.7 Å². The van der Waals surface area contributed by atoms with Gasteiger partial charge in [0.15, 0.2) is 0 Å². The molecule has 1 rings (SSSR count). The summed E-state index contributed by atoms with van der Waals surface area (Å²) in [4.78, 5) is 10.7. The van der Waals surface area contributed by atoms with Crippen molar-refractivity contribution in [1.29, 1.82) is 0 Å². The molecule has 0 spiro atoms.